The molecule has 2 aromatic rings. The van der Waals surface area contributed by atoms with Crippen LogP contribution in [0.3, 0.4) is 0 Å². The molecular weight excluding hydrogens is 186 g/mol. The van der Waals surface area contributed by atoms with E-state index in [0.29, 0.717) is 6.04 Å². The van der Waals surface area contributed by atoms with Gasteiger partial charge in [0, 0.05) is 28.2 Å². The SMILES string of the molecule is Cc1cc2c(C=O)cccc2n1C(C)C. The van der Waals surface area contributed by atoms with Crippen LogP contribution in [0.25, 0.3) is 10.9 Å². The third kappa shape index (κ3) is 1.46. The second-order valence-corrected chi connectivity index (χ2v) is 4.15. The molecule has 0 amide bonds. The van der Waals surface area contributed by atoms with E-state index in [2.05, 4.69) is 37.5 Å². The Labute approximate surface area is 89.5 Å². The molecule has 1 heterocycles. The van der Waals surface area contributed by atoms with Crippen molar-refractivity contribution in [2.75, 3.05) is 0 Å². The van der Waals surface area contributed by atoms with Crippen molar-refractivity contribution >= 4 is 17.2 Å². The van der Waals surface area contributed by atoms with Crippen molar-refractivity contribution in [1.82, 2.24) is 4.57 Å². The molecule has 1 aromatic carbocycles. The van der Waals surface area contributed by atoms with Gasteiger partial charge in [0.15, 0.2) is 6.29 Å². The number of aryl methyl sites for hydroxylation is 1. The Bertz CT molecular complexity index is 508. The highest BCUT2D eigenvalue weighted by Crippen LogP contribution is 2.25. The standard InChI is InChI=1S/C13H15NO/c1-9(2)14-10(3)7-12-11(8-15)5-4-6-13(12)14/h4-9H,1-3H3. The second kappa shape index (κ2) is 3.54. The van der Waals surface area contributed by atoms with Gasteiger partial charge in [0.05, 0.1) is 0 Å². The number of aldehydes is 1. The van der Waals surface area contributed by atoms with Gasteiger partial charge in [-0.25, -0.2) is 0 Å². The first kappa shape index (κ1) is 9.97. The molecular formula is C13H15NO. The van der Waals surface area contributed by atoms with Gasteiger partial charge >= 0.3 is 0 Å². The largest absolute Gasteiger partial charge is 0.342 e. The van der Waals surface area contributed by atoms with E-state index >= 15 is 0 Å². The fourth-order valence-corrected chi connectivity index (χ4v) is 2.19. The van der Waals surface area contributed by atoms with Crippen LogP contribution >= 0.6 is 0 Å². The predicted octanol–water partition coefficient (Wildman–Crippen LogP) is 3.34. The minimum atomic E-state index is 0.421. The van der Waals surface area contributed by atoms with Crippen molar-refractivity contribution < 1.29 is 4.79 Å². The molecule has 0 aliphatic rings. The maximum absolute atomic E-state index is 10.9. The number of hydrogen-bond acceptors (Lipinski definition) is 1. The van der Waals surface area contributed by atoms with Crippen LogP contribution < -0.4 is 0 Å². The summed E-state index contributed by atoms with van der Waals surface area (Å²) in [5.74, 6) is 0. The van der Waals surface area contributed by atoms with Gasteiger partial charge in [0.25, 0.3) is 0 Å². The first-order valence-electron chi connectivity index (χ1n) is 5.21. The monoisotopic (exact) mass is 201 g/mol. The predicted molar refractivity (Wildman–Crippen MR) is 62.4 cm³/mol. The molecule has 0 bridgehead atoms. The van der Waals surface area contributed by atoms with Gasteiger partial charge in [-0.15, -0.1) is 0 Å². The van der Waals surface area contributed by atoms with Crippen LogP contribution in [0.5, 0.6) is 0 Å². The average molecular weight is 201 g/mol. The summed E-state index contributed by atoms with van der Waals surface area (Å²) >= 11 is 0. The highest BCUT2D eigenvalue weighted by atomic mass is 16.1. The summed E-state index contributed by atoms with van der Waals surface area (Å²) in [6.07, 6.45) is 0.923. The van der Waals surface area contributed by atoms with Crippen molar-refractivity contribution in [3.8, 4) is 0 Å². The number of carbonyl (C=O) groups is 1. The lowest BCUT2D eigenvalue weighted by molar-refractivity contribution is 0.112. The maximum Gasteiger partial charge on any atom is 0.150 e. The summed E-state index contributed by atoms with van der Waals surface area (Å²) in [7, 11) is 0. The lowest BCUT2D eigenvalue weighted by atomic mass is 10.1. The molecule has 0 atom stereocenters. The quantitative estimate of drug-likeness (QED) is 0.683. The van der Waals surface area contributed by atoms with Gasteiger partial charge in [-0.05, 0) is 32.9 Å². The van der Waals surface area contributed by atoms with Crippen molar-refractivity contribution in [3.05, 3.63) is 35.5 Å². The number of fused-ring (bicyclic) bond motifs is 1. The van der Waals surface area contributed by atoms with E-state index in [-0.39, 0.29) is 0 Å². The van der Waals surface area contributed by atoms with Crippen LogP contribution in [-0.4, -0.2) is 10.9 Å². The lowest BCUT2D eigenvalue weighted by Crippen LogP contribution is -2.01. The zero-order valence-corrected chi connectivity index (χ0v) is 9.32. The van der Waals surface area contributed by atoms with E-state index in [1.54, 1.807) is 0 Å². The van der Waals surface area contributed by atoms with Crippen molar-refractivity contribution in [3.63, 3.8) is 0 Å². The van der Waals surface area contributed by atoms with E-state index < -0.39 is 0 Å². The van der Waals surface area contributed by atoms with Gasteiger partial charge in [0.1, 0.15) is 0 Å². The highest BCUT2D eigenvalue weighted by molar-refractivity contribution is 5.97. The van der Waals surface area contributed by atoms with Crippen LogP contribution in [-0.2, 0) is 0 Å². The number of carbonyl (C=O) groups excluding carboxylic acids is 1. The normalized spacial score (nSPS) is 11.2. The second-order valence-electron chi connectivity index (χ2n) is 4.15. The Kier molecular flexibility index (Phi) is 2.35. The highest BCUT2D eigenvalue weighted by Gasteiger charge is 2.10. The van der Waals surface area contributed by atoms with E-state index in [4.69, 9.17) is 0 Å². The maximum atomic E-state index is 10.9. The Morgan fingerprint density at radius 3 is 2.67 bits per heavy atom. The van der Waals surface area contributed by atoms with E-state index in [1.807, 2.05) is 12.1 Å². The summed E-state index contributed by atoms with van der Waals surface area (Å²) in [6.45, 7) is 6.38. The fraction of sp³-hybridized carbons (Fsp3) is 0.308. The Morgan fingerprint density at radius 2 is 2.07 bits per heavy atom. The molecule has 15 heavy (non-hydrogen) atoms. The Morgan fingerprint density at radius 1 is 1.33 bits per heavy atom. The smallest absolute Gasteiger partial charge is 0.150 e. The lowest BCUT2D eigenvalue weighted by Gasteiger charge is -2.12. The van der Waals surface area contributed by atoms with Crippen LogP contribution in [0, 0.1) is 6.92 Å². The van der Waals surface area contributed by atoms with Gasteiger partial charge < -0.3 is 4.57 Å². The van der Waals surface area contributed by atoms with Gasteiger partial charge in [-0.3, -0.25) is 4.79 Å². The van der Waals surface area contributed by atoms with Gasteiger partial charge in [-0.1, -0.05) is 12.1 Å². The topological polar surface area (TPSA) is 22.0 Å². The van der Waals surface area contributed by atoms with Crippen molar-refractivity contribution in [1.29, 1.82) is 0 Å². The summed E-state index contributed by atoms with van der Waals surface area (Å²) in [5, 5.41) is 1.05. The van der Waals surface area contributed by atoms with Gasteiger partial charge in [0.2, 0.25) is 0 Å². The fourth-order valence-electron chi connectivity index (χ4n) is 2.19. The molecule has 2 nitrogen and oxygen atoms in total. The molecule has 0 saturated heterocycles. The first-order chi connectivity index (χ1) is 7.15. The molecule has 1 aromatic heterocycles. The number of benzene rings is 1. The van der Waals surface area contributed by atoms with Crippen LogP contribution in [0.1, 0.15) is 35.9 Å². The number of rotatable bonds is 2. The third-order valence-electron chi connectivity index (χ3n) is 2.75. The molecule has 0 spiro atoms. The third-order valence-corrected chi connectivity index (χ3v) is 2.75. The molecule has 0 aliphatic heterocycles. The van der Waals surface area contributed by atoms with Gasteiger partial charge in [-0.2, -0.15) is 0 Å². The number of hydrogen-bond donors (Lipinski definition) is 0. The van der Waals surface area contributed by atoms with Crippen molar-refractivity contribution in [2.45, 2.75) is 26.8 Å². The number of aromatic nitrogens is 1. The molecule has 0 unspecified atom stereocenters. The molecule has 2 rings (SSSR count). The molecule has 0 aliphatic carbocycles. The van der Waals surface area contributed by atoms with E-state index in [9.17, 15) is 4.79 Å². The Balaban J connectivity index is 2.84. The summed E-state index contributed by atoms with van der Waals surface area (Å²) in [4.78, 5) is 10.9. The van der Waals surface area contributed by atoms with Crippen molar-refractivity contribution in [2.24, 2.45) is 0 Å². The zero-order valence-electron chi connectivity index (χ0n) is 9.32. The van der Waals surface area contributed by atoms with Crippen LogP contribution in [0.15, 0.2) is 24.3 Å². The Hall–Kier alpha value is -1.57. The summed E-state index contributed by atoms with van der Waals surface area (Å²) in [5.41, 5.74) is 3.12. The molecule has 2 heteroatoms. The summed E-state index contributed by atoms with van der Waals surface area (Å²) < 4.78 is 2.25. The van der Waals surface area contributed by atoms with Crippen LogP contribution in [0.2, 0.25) is 0 Å². The average Bonchev–Trinajstić information content (AvgIpc) is 2.53. The molecule has 0 radical (unpaired) electrons. The van der Waals surface area contributed by atoms with E-state index in [0.717, 1.165) is 22.8 Å². The summed E-state index contributed by atoms with van der Waals surface area (Å²) in [6, 6.07) is 8.36. The molecule has 0 fully saturated rings. The minimum absolute atomic E-state index is 0.421. The number of nitrogens with zero attached hydrogens (tertiary/aromatic N) is 1. The minimum Gasteiger partial charge on any atom is -0.342 e. The molecule has 0 N–H and O–H groups in total. The zero-order chi connectivity index (χ0) is 11.0. The molecule has 0 saturated carbocycles. The molecule has 78 valence electrons. The van der Waals surface area contributed by atoms with E-state index in [1.165, 1.54) is 5.69 Å². The first-order valence-corrected chi connectivity index (χ1v) is 5.21. The van der Waals surface area contributed by atoms with Crippen LogP contribution in [0.4, 0.5) is 0 Å².